The number of carbonyl (C=O) groups excluding carboxylic acids is 1. The summed E-state index contributed by atoms with van der Waals surface area (Å²) in [6.45, 7) is 3.80. The maximum absolute atomic E-state index is 12.2. The van der Waals surface area contributed by atoms with Crippen molar-refractivity contribution in [1.29, 1.82) is 0 Å². The molecule has 0 saturated carbocycles. The number of aromatic nitrogens is 2. The van der Waals surface area contributed by atoms with Gasteiger partial charge >= 0.3 is 0 Å². The van der Waals surface area contributed by atoms with Crippen molar-refractivity contribution in [3.05, 3.63) is 81.6 Å². The highest BCUT2D eigenvalue weighted by Gasteiger charge is 2.09. The van der Waals surface area contributed by atoms with E-state index in [4.69, 9.17) is 11.6 Å². The van der Waals surface area contributed by atoms with E-state index in [0.717, 1.165) is 4.90 Å². The molecule has 0 atom stereocenters. The summed E-state index contributed by atoms with van der Waals surface area (Å²) in [4.78, 5) is 25.2. The Labute approximate surface area is 166 Å². The fraction of sp³-hybridized carbons (Fsp3) is 0.150. The number of benzene rings is 2. The maximum Gasteiger partial charge on any atom is 0.271 e. The highest BCUT2D eigenvalue weighted by atomic mass is 35.5. The Morgan fingerprint density at radius 1 is 1.04 bits per heavy atom. The van der Waals surface area contributed by atoms with Crippen LogP contribution in [-0.4, -0.2) is 21.7 Å². The molecule has 0 spiro atoms. The van der Waals surface area contributed by atoms with Crippen molar-refractivity contribution in [1.82, 2.24) is 15.1 Å². The Kier molecular flexibility index (Phi) is 5.98. The molecule has 138 valence electrons. The van der Waals surface area contributed by atoms with Crippen LogP contribution in [0.4, 0.5) is 0 Å². The number of hydrogen-bond donors (Lipinski definition) is 1. The zero-order valence-corrected chi connectivity index (χ0v) is 16.4. The quantitative estimate of drug-likeness (QED) is 0.699. The van der Waals surface area contributed by atoms with Gasteiger partial charge in [-0.2, -0.15) is 9.78 Å². The van der Waals surface area contributed by atoms with Crippen LogP contribution in [0.1, 0.15) is 24.2 Å². The molecule has 3 rings (SSSR count). The lowest BCUT2D eigenvalue weighted by Gasteiger charge is -2.10. The Hall–Kier alpha value is -2.57. The van der Waals surface area contributed by atoms with Crippen molar-refractivity contribution >= 4 is 29.3 Å². The summed E-state index contributed by atoms with van der Waals surface area (Å²) in [6, 6.07) is 17.4. The molecule has 1 N–H and O–H groups in total. The summed E-state index contributed by atoms with van der Waals surface area (Å²) in [5, 5.41) is 8.60. The van der Waals surface area contributed by atoms with Gasteiger partial charge in [-0.3, -0.25) is 9.59 Å². The third-order valence-electron chi connectivity index (χ3n) is 3.61. The topological polar surface area (TPSA) is 64.0 Å². The van der Waals surface area contributed by atoms with Crippen molar-refractivity contribution in [3.8, 4) is 5.69 Å². The monoisotopic (exact) mass is 399 g/mol. The smallest absolute Gasteiger partial charge is 0.271 e. The number of nitrogens with one attached hydrogen (secondary N) is 1. The maximum atomic E-state index is 12.2. The van der Waals surface area contributed by atoms with Crippen LogP contribution in [0.2, 0.25) is 5.02 Å². The molecule has 3 aromatic rings. The molecular formula is C20H18ClN3O2S. The van der Waals surface area contributed by atoms with E-state index in [9.17, 15) is 9.59 Å². The Bertz CT molecular complexity index is 999. The molecule has 2 aromatic carbocycles. The van der Waals surface area contributed by atoms with Crippen LogP contribution >= 0.6 is 23.4 Å². The van der Waals surface area contributed by atoms with Crippen molar-refractivity contribution in [3.63, 3.8) is 0 Å². The first-order chi connectivity index (χ1) is 12.9. The van der Waals surface area contributed by atoms with Gasteiger partial charge in [-0.1, -0.05) is 23.4 Å². The van der Waals surface area contributed by atoms with E-state index in [2.05, 4.69) is 10.4 Å². The Balaban J connectivity index is 1.84. The van der Waals surface area contributed by atoms with E-state index in [-0.39, 0.29) is 17.5 Å². The molecule has 27 heavy (non-hydrogen) atoms. The van der Waals surface area contributed by atoms with Crippen molar-refractivity contribution in [2.75, 3.05) is 0 Å². The minimum atomic E-state index is -0.241. The summed E-state index contributed by atoms with van der Waals surface area (Å²) >= 11 is 7.34. The standard InChI is InChI=1S/C20H18ClN3O2S/c1-13(2)22-20(26)14-3-7-16(8-4-14)24-19(25)12-11-18(23-24)27-17-9-5-15(21)6-10-17/h3-13H,1-2H3,(H,22,26). The molecular weight excluding hydrogens is 382 g/mol. The van der Waals surface area contributed by atoms with Gasteiger partial charge in [0.2, 0.25) is 0 Å². The van der Waals surface area contributed by atoms with E-state index in [1.807, 2.05) is 26.0 Å². The average molecular weight is 400 g/mol. The van der Waals surface area contributed by atoms with Gasteiger partial charge < -0.3 is 5.32 Å². The molecule has 0 unspecified atom stereocenters. The van der Waals surface area contributed by atoms with Crippen LogP contribution in [0.15, 0.2) is 75.4 Å². The number of carbonyl (C=O) groups is 1. The normalized spacial score (nSPS) is 10.8. The summed E-state index contributed by atoms with van der Waals surface area (Å²) in [5.41, 5.74) is 0.890. The van der Waals surface area contributed by atoms with Gasteiger partial charge in [0.15, 0.2) is 0 Å². The molecule has 0 aliphatic rings. The van der Waals surface area contributed by atoms with E-state index in [0.29, 0.717) is 21.3 Å². The van der Waals surface area contributed by atoms with Gasteiger partial charge in [-0.05, 0) is 68.4 Å². The van der Waals surface area contributed by atoms with Gasteiger partial charge in [0.1, 0.15) is 5.03 Å². The van der Waals surface area contributed by atoms with Gasteiger partial charge in [0.05, 0.1) is 5.69 Å². The van der Waals surface area contributed by atoms with Crippen molar-refractivity contribution in [2.45, 2.75) is 29.8 Å². The molecule has 0 bridgehead atoms. The fourth-order valence-electron chi connectivity index (χ4n) is 2.36. The van der Waals surface area contributed by atoms with E-state index in [1.54, 1.807) is 42.5 Å². The van der Waals surface area contributed by atoms with E-state index in [1.165, 1.54) is 22.5 Å². The molecule has 1 heterocycles. The van der Waals surface area contributed by atoms with E-state index >= 15 is 0 Å². The number of rotatable bonds is 5. The minimum Gasteiger partial charge on any atom is -0.350 e. The van der Waals surface area contributed by atoms with Crippen molar-refractivity contribution < 1.29 is 4.79 Å². The number of nitrogens with zero attached hydrogens (tertiary/aromatic N) is 2. The number of amides is 1. The summed E-state index contributed by atoms with van der Waals surface area (Å²) in [6.07, 6.45) is 0. The molecule has 5 nitrogen and oxygen atoms in total. The van der Waals surface area contributed by atoms with Crippen molar-refractivity contribution in [2.24, 2.45) is 0 Å². The van der Waals surface area contributed by atoms with Gasteiger partial charge in [-0.15, -0.1) is 0 Å². The minimum absolute atomic E-state index is 0.0584. The molecule has 0 radical (unpaired) electrons. The molecule has 0 aliphatic heterocycles. The first-order valence-electron chi connectivity index (χ1n) is 8.37. The summed E-state index contributed by atoms with van der Waals surface area (Å²) in [7, 11) is 0. The first-order valence-corrected chi connectivity index (χ1v) is 9.57. The lowest BCUT2D eigenvalue weighted by molar-refractivity contribution is 0.0943. The number of hydrogen-bond acceptors (Lipinski definition) is 4. The van der Waals surface area contributed by atoms with Crippen LogP contribution in [0.25, 0.3) is 5.69 Å². The SMILES string of the molecule is CC(C)NC(=O)c1ccc(-n2nc(Sc3ccc(Cl)cc3)ccc2=O)cc1. The highest BCUT2D eigenvalue weighted by molar-refractivity contribution is 7.99. The second kappa shape index (κ2) is 8.41. The van der Waals surface area contributed by atoms with Gasteiger partial charge in [-0.25, -0.2) is 0 Å². The second-order valence-corrected chi connectivity index (χ2v) is 7.68. The predicted octanol–water partition coefficient (Wildman–Crippen LogP) is 4.18. The molecule has 0 aliphatic carbocycles. The average Bonchev–Trinajstić information content (AvgIpc) is 2.65. The zero-order chi connectivity index (χ0) is 19.4. The fourth-order valence-corrected chi connectivity index (χ4v) is 3.25. The van der Waals surface area contributed by atoms with Crippen LogP contribution in [0.3, 0.4) is 0 Å². The Morgan fingerprint density at radius 3 is 2.33 bits per heavy atom. The van der Waals surface area contributed by atoms with E-state index < -0.39 is 0 Å². The largest absolute Gasteiger partial charge is 0.350 e. The molecule has 7 heteroatoms. The van der Waals surface area contributed by atoms with Crippen LogP contribution < -0.4 is 10.9 Å². The van der Waals surface area contributed by atoms with Crippen LogP contribution in [-0.2, 0) is 0 Å². The summed E-state index contributed by atoms with van der Waals surface area (Å²) in [5.74, 6) is -0.149. The van der Waals surface area contributed by atoms with Crippen LogP contribution in [0, 0.1) is 0 Å². The van der Waals surface area contributed by atoms with Gasteiger partial charge in [0, 0.05) is 27.6 Å². The zero-order valence-electron chi connectivity index (χ0n) is 14.8. The lowest BCUT2D eigenvalue weighted by Crippen LogP contribution is -2.30. The first kappa shape index (κ1) is 19.2. The Morgan fingerprint density at radius 2 is 1.70 bits per heavy atom. The second-order valence-electron chi connectivity index (χ2n) is 6.15. The molecule has 0 fully saturated rings. The molecule has 0 saturated heterocycles. The highest BCUT2D eigenvalue weighted by Crippen LogP contribution is 2.26. The lowest BCUT2D eigenvalue weighted by atomic mass is 10.2. The molecule has 1 amide bonds. The third-order valence-corrected chi connectivity index (χ3v) is 4.79. The van der Waals surface area contributed by atoms with Gasteiger partial charge in [0.25, 0.3) is 11.5 Å². The predicted molar refractivity (Wildman–Crippen MR) is 108 cm³/mol. The molecule has 1 aromatic heterocycles. The third kappa shape index (κ3) is 4.99. The number of halogens is 1. The van der Waals surface area contributed by atoms with Crippen LogP contribution in [0.5, 0.6) is 0 Å². The summed E-state index contributed by atoms with van der Waals surface area (Å²) < 4.78 is 1.32.